The summed E-state index contributed by atoms with van der Waals surface area (Å²) < 4.78 is 0. The van der Waals surface area contributed by atoms with Crippen molar-refractivity contribution in [3.8, 4) is 0 Å². The number of nitrogens with one attached hydrogen (secondary N) is 1. The molecule has 0 fully saturated rings. The topological polar surface area (TPSA) is 29.1 Å². The Morgan fingerprint density at radius 3 is 2.56 bits per heavy atom. The maximum atomic E-state index is 12.1. The summed E-state index contributed by atoms with van der Waals surface area (Å²) in [5.41, 5.74) is 3.28. The Kier molecular flexibility index (Phi) is 5.14. The number of carbonyl (C=O) groups excluding carboxylic acids is 1. The fourth-order valence-corrected chi connectivity index (χ4v) is 2.41. The Bertz CT molecular complexity index is 438. The molecular formula is C16H23NO. The molecule has 1 rings (SSSR count). The van der Waals surface area contributed by atoms with Gasteiger partial charge in [0, 0.05) is 11.6 Å². The monoisotopic (exact) mass is 245 g/mol. The molecule has 1 N–H and O–H groups in total. The lowest BCUT2D eigenvalue weighted by Gasteiger charge is -2.10. The Hall–Kier alpha value is -1.57. The molecule has 2 atom stereocenters. The number of rotatable bonds is 4. The fourth-order valence-electron chi connectivity index (χ4n) is 2.41. The van der Waals surface area contributed by atoms with E-state index in [1.165, 1.54) is 0 Å². The van der Waals surface area contributed by atoms with Crippen LogP contribution in [0.15, 0.2) is 47.2 Å². The summed E-state index contributed by atoms with van der Waals surface area (Å²) in [6, 6.07) is 0. The molecule has 1 heterocycles. The zero-order valence-electron chi connectivity index (χ0n) is 11.9. The minimum atomic E-state index is -0.107. The average Bonchev–Trinajstić information content (AvgIpc) is 2.62. The largest absolute Gasteiger partial charge is 0.328 e. The molecule has 0 spiro atoms. The first-order valence-corrected chi connectivity index (χ1v) is 6.46. The Balaban J connectivity index is 3.04. The summed E-state index contributed by atoms with van der Waals surface area (Å²) >= 11 is 0. The van der Waals surface area contributed by atoms with Crippen molar-refractivity contribution in [2.45, 2.75) is 34.6 Å². The van der Waals surface area contributed by atoms with E-state index in [4.69, 9.17) is 0 Å². The van der Waals surface area contributed by atoms with Crippen LogP contribution >= 0.6 is 0 Å². The average molecular weight is 245 g/mol. The van der Waals surface area contributed by atoms with Gasteiger partial charge in [-0.1, -0.05) is 42.9 Å². The maximum absolute atomic E-state index is 12.1. The highest BCUT2D eigenvalue weighted by atomic mass is 16.2. The van der Waals surface area contributed by atoms with Gasteiger partial charge in [0.1, 0.15) is 0 Å². The summed E-state index contributed by atoms with van der Waals surface area (Å²) in [5, 5.41) is 3.02. The van der Waals surface area contributed by atoms with Gasteiger partial charge in [0.15, 0.2) is 0 Å². The van der Waals surface area contributed by atoms with Crippen LogP contribution in [0, 0.1) is 11.8 Å². The second-order valence-corrected chi connectivity index (χ2v) is 4.77. The molecule has 0 aromatic heterocycles. The van der Waals surface area contributed by atoms with Crippen LogP contribution in [-0.2, 0) is 4.79 Å². The van der Waals surface area contributed by atoms with Crippen LogP contribution in [0.1, 0.15) is 34.6 Å². The number of amides is 1. The number of hydrogen-bond acceptors (Lipinski definition) is 1. The third-order valence-corrected chi connectivity index (χ3v) is 3.32. The first kappa shape index (κ1) is 14.5. The van der Waals surface area contributed by atoms with E-state index in [0.717, 1.165) is 16.8 Å². The van der Waals surface area contributed by atoms with Gasteiger partial charge in [0.05, 0.1) is 5.92 Å². The summed E-state index contributed by atoms with van der Waals surface area (Å²) in [4.78, 5) is 12.1. The summed E-state index contributed by atoms with van der Waals surface area (Å²) in [5.74, 6) is 0.250. The van der Waals surface area contributed by atoms with Gasteiger partial charge >= 0.3 is 0 Å². The fraction of sp³-hybridized carbons (Fsp3) is 0.438. The molecule has 0 aromatic rings. The van der Waals surface area contributed by atoms with Crippen molar-refractivity contribution < 1.29 is 4.79 Å². The van der Waals surface area contributed by atoms with Gasteiger partial charge in [0.2, 0.25) is 5.91 Å². The molecule has 1 amide bonds. The molecule has 0 bridgehead atoms. The minimum absolute atomic E-state index is 0.0945. The van der Waals surface area contributed by atoms with E-state index in [0.29, 0.717) is 0 Å². The molecule has 2 unspecified atom stereocenters. The molecule has 2 heteroatoms. The highest BCUT2D eigenvalue weighted by molar-refractivity contribution is 5.89. The highest BCUT2D eigenvalue weighted by Crippen LogP contribution is 2.31. The lowest BCUT2D eigenvalue weighted by molar-refractivity contribution is -0.121. The van der Waals surface area contributed by atoms with Crippen LogP contribution in [0.5, 0.6) is 0 Å². The smallest absolute Gasteiger partial charge is 0.235 e. The third-order valence-electron chi connectivity index (χ3n) is 3.32. The van der Waals surface area contributed by atoms with Crippen molar-refractivity contribution in [1.29, 1.82) is 0 Å². The van der Waals surface area contributed by atoms with Gasteiger partial charge in [0.25, 0.3) is 0 Å². The van der Waals surface area contributed by atoms with Gasteiger partial charge in [-0.2, -0.15) is 0 Å². The highest BCUT2D eigenvalue weighted by Gasteiger charge is 2.32. The van der Waals surface area contributed by atoms with Gasteiger partial charge in [-0.25, -0.2) is 0 Å². The SMILES string of the molecule is CC=CC=C(C)C1C(=O)NC(C(C)C=CC)=C1C. The predicted octanol–water partition coefficient (Wildman–Crippen LogP) is 3.74. The Morgan fingerprint density at radius 2 is 2.00 bits per heavy atom. The van der Waals surface area contributed by atoms with Crippen LogP contribution in [0.4, 0.5) is 0 Å². The van der Waals surface area contributed by atoms with Crippen molar-refractivity contribution in [3.05, 3.63) is 47.2 Å². The zero-order valence-corrected chi connectivity index (χ0v) is 11.9. The molecule has 1 aliphatic rings. The predicted molar refractivity (Wildman–Crippen MR) is 76.9 cm³/mol. The van der Waals surface area contributed by atoms with E-state index in [2.05, 4.69) is 18.3 Å². The Labute approximate surface area is 110 Å². The standard InChI is InChI=1S/C16H23NO/c1-6-8-10-11(3)14-13(5)15(17-16(14)18)12(4)9-7-2/h6-10,12,14H,1-5H3,(H,17,18). The second-order valence-electron chi connectivity index (χ2n) is 4.77. The van der Waals surface area contributed by atoms with Crippen molar-refractivity contribution in [2.75, 3.05) is 0 Å². The molecule has 0 saturated heterocycles. The molecule has 0 radical (unpaired) electrons. The quantitative estimate of drug-likeness (QED) is 0.593. The summed E-state index contributed by atoms with van der Waals surface area (Å²) in [6.45, 7) is 10.1. The van der Waals surface area contributed by atoms with Crippen LogP contribution in [0.25, 0.3) is 0 Å². The van der Waals surface area contributed by atoms with E-state index in [-0.39, 0.29) is 17.7 Å². The van der Waals surface area contributed by atoms with Crippen molar-refractivity contribution in [1.82, 2.24) is 5.32 Å². The van der Waals surface area contributed by atoms with E-state index < -0.39 is 0 Å². The second kappa shape index (κ2) is 6.39. The minimum Gasteiger partial charge on any atom is -0.328 e. The third kappa shape index (κ3) is 3.00. The summed E-state index contributed by atoms with van der Waals surface area (Å²) in [7, 11) is 0. The van der Waals surface area contributed by atoms with Gasteiger partial charge in [-0.3, -0.25) is 4.79 Å². The van der Waals surface area contributed by atoms with Gasteiger partial charge < -0.3 is 5.32 Å². The van der Waals surface area contributed by atoms with Crippen LogP contribution in [0.3, 0.4) is 0 Å². The van der Waals surface area contributed by atoms with Crippen LogP contribution in [-0.4, -0.2) is 5.91 Å². The van der Waals surface area contributed by atoms with E-state index in [1.54, 1.807) is 0 Å². The number of carbonyl (C=O) groups is 1. The normalized spacial score (nSPS) is 23.3. The molecule has 2 nitrogen and oxygen atoms in total. The molecule has 0 aliphatic carbocycles. The van der Waals surface area contributed by atoms with E-state index in [1.807, 2.05) is 52.0 Å². The summed E-state index contributed by atoms with van der Waals surface area (Å²) in [6.07, 6.45) is 10.1. The van der Waals surface area contributed by atoms with Crippen LogP contribution in [0.2, 0.25) is 0 Å². The lowest BCUT2D eigenvalue weighted by atomic mass is 9.91. The number of hydrogen-bond donors (Lipinski definition) is 1. The van der Waals surface area contributed by atoms with Crippen molar-refractivity contribution in [2.24, 2.45) is 11.8 Å². The zero-order chi connectivity index (χ0) is 13.7. The number of allylic oxidation sites excluding steroid dienone is 5. The first-order valence-electron chi connectivity index (χ1n) is 6.46. The maximum Gasteiger partial charge on any atom is 0.235 e. The first-order chi connectivity index (χ1) is 8.52. The molecule has 0 aromatic carbocycles. The van der Waals surface area contributed by atoms with Gasteiger partial charge in [-0.15, -0.1) is 0 Å². The van der Waals surface area contributed by atoms with E-state index >= 15 is 0 Å². The molecular weight excluding hydrogens is 222 g/mol. The lowest BCUT2D eigenvalue weighted by Crippen LogP contribution is -2.23. The van der Waals surface area contributed by atoms with Crippen LogP contribution < -0.4 is 5.32 Å². The molecule has 18 heavy (non-hydrogen) atoms. The van der Waals surface area contributed by atoms with Crippen molar-refractivity contribution in [3.63, 3.8) is 0 Å². The Morgan fingerprint density at radius 1 is 1.33 bits per heavy atom. The molecule has 0 saturated carbocycles. The van der Waals surface area contributed by atoms with Gasteiger partial charge in [-0.05, 0) is 33.3 Å². The van der Waals surface area contributed by atoms with Crippen molar-refractivity contribution >= 4 is 5.91 Å². The molecule has 1 aliphatic heterocycles. The van der Waals surface area contributed by atoms with E-state index in [9.17, 15) is 4.79 Å². The molecule has 98 valence electrons.